The van der Waals surface area contributed by atoms with E-state index in [2.05, 4.69) is 10.3 Å². The van der Waals surface area contributed by atoms with E-state index in [1.54, 1.807) is 0 Å². The van der Waals surface area contributed by atoms with Gasteiger partial charge in [-0.15, -0.1) is 0 Å². The monoisotopic (exact) mass is 223 g/mol. The minimum absolute atomic E-state index is 0.236. The van der Waals surface area contributed by atoms with Crippen LogP contribution in [0.2, 0.25) is 0 Å². The molecule has 3 N–H and O–H groups in total. The maximum atomic E-state index is 12.9. The van der Waals surface area contributed by atoms with Gasteiger partial charge in [-0.05, 0) is 25.3 Å². The van der Waals surface area contributed by atoms with Gasteiger partial charge in [0, 0.05) is 12.7 Å². The third-order valence-corrected chi connectivity index (χ3v) is 3.05. The van der Waals surface area contributed by atoms with Gasteiger partial charge in [0.05, 0.1) is 17.3 Å². The van der Waals surface area contributed by atoms with Gasteiger partial charge >= 0.3 is 0 Å². The smallest absolute Gasteiger partial charge is 0.253 e. The highest BCUT2D eigenvalue weighted by molar-refractivity contribution is 5.94. The molecule has 0 aromatic carbocycles. The molecular formula is C11H14FN3O. The summed E-state index contributed by atoms with van der Waals surface area (Å²) in [4.78, 5) is 15.4. The molecule has 1 aliphatic rings. The molecule has 0 bridgehead atoms. The van der Waals surface area contributed by atoms with Gasteiger partial charge in [-0.25, -0.2) is 4.39 Å². The van der Waals surface area contributed by atoms with E-state index in [1.165, 1.54) is 12.3 Å². The molecule has 0 atom stereocenters. The molecule has 0 aliphatic heterocycles. The first-order chi connectivity index (χ1) is 7.65. The van der Waals surface area contributed by atoms with E-state index < -0.39 is 5.82 Å². The first-order valence-electron chi connectivity index (χ1n) is 5.28. The highest BCUT2D eigenvalue weighted by Gasteiger charge is 2.37. The lowest BCUT2D eigenvalue weighted by molar-refractivity contribution is 0.0836. The number of halogens is 1. The summed E-state index contributed by atoms with van der Waals surface area (Å²) in [7, 11) is 0. The molecule has 1 heterocycles. The predicted octanol–water partition coefficient (Wildman–Crippen LogP) is 0.832. The van der Waals surface area contributed by atoms with Crippen LogP contribution in [0.3, 0.4) is 0 Å². The van der Waals surface area contributed by atoms with Crippen molar-refractivity contribution >= 4 is 5.91 Å². The molecular weight excluding hydrogens is 209 g/mol. The van der Waals surface area contributed by atoms with Gasteiger partial charge in [0.1, 0.15) is 5.82 Å². The highest BCUT2D eigenvalue weighted by Crippen LogP contribution is 2.30. The van der Waals surface area contributed by atoms with Crippen LogP contribution >= 0.6 is 0 Å². The number of hydrogen-bond donors (Lipinski definition) is 2. The molecule has 2 rings (SSSR count). The lowest BCUT2D eigenvalue weighted by Gasteiger charge is -2.41. The van der Waals surface area contributed by atoms with E-state index in [4.69, 9.17) is 5.73 Å². The van der Waals surface area contributed by atoms with Crippen molar-refractivity contribution in [3.8, 4) is 0 Å². The molecule has 0 saturated heterocycles. The number of hydrogen-bond acceptors (Lipinski definition) is 3. The number of nitrogens with two attached hydrogens (primary N) is 1. The highest BCUT2D eigenvalue weighted by atomic mass is 19.1. The topological polar surface area (TPSA) is 68.0 Å². The second kappa shape index (κ2) is 4.17. The van der Waals surface area contributed by atoms with E-state index in [0.29, 0.717) is 6.54 Å². The van der Waals surface area contributed by atoms with Gasteiger partial charge in [0.2, 0.25) is 0 Å². The SMILES string of the molecule is NCC1(NC(=O)c2cncc(F)c2)CCC1. The largest absolute Gasteiger partial charge is 0.345 e. The third-order valence-electron chi connectivity index (χ3n) is 3.05. The fraction of sp³-hybridized carbons (Fsp3) is 0.455. The second-order valence-electron chi connectivity index (χ2n) is 4.18. The van der Waals surface area contributed by atoms with Crippen molar-refractivity contribution in [1.82, 2.24) is 10.3 Å². The van der Waals surface area contributed by atoms with Gasteiger partial charge in [-0.2, -0.15) is 0 Å². The van der Waals surface area contributed by atoms with Gasteiger partial charge in [0.25, 0.3) is 5.91 Å². The van der Waals surface area contributed by atoms with Crippen molar-refractivity contribution < 1.29 is 9.18 Å². The van der Waals surface area contributed by atoms with Crippen LogP contribution in [0.4, 0.5) is 4.39 Å². The Morgan fingerprint density at radius 1 is 1.56 bits per heavy atom. The summed E-state index contributed by atoms with van der Waals surface area (Å²) in [5.74, 6) is -0.819. The Kier molecular flexibility index (Phi) is 2.87. The first-order valence-corrected chi connectivity index (χ1v) is 5.28. The van der Waals surface area contributed by atoms with Crippen molar-refractivity contribution in [2.75, 3.05) is 6.54 Å². The van der Waals surface area contributed by atoms with Crippen LogP contribution < -0.4 is 11.1 Å². The average Bonchev–Trinajstić information content (AvgIpc) is 2.23. The number of aromatic nitrogens is 1. The average molecular weight is 223 g/mol. The maximum Gasteiger partial charge on any atom is 0.253 e. The number of pyridine rings is 1. The molecule has 1 aromatic heterocycles. The molecule has 0 unspecified atom stereocenters. The Bertz CT molecular complexity index is 398. The molecule has 16 heavy (non-hydrogen) atoms. The normalized spacial score (nSPS) is 17.6. The van der Waals surface area contributed by atoms with E-state index in [-0.39, 0.29) is 17.0 Å². The Morgan fingerprint density at radius 2 is 2.31 bits per heavy atom. The molecule has 1 aliphatic carbocycles. The van der Waals surface area contributed by atoms with Crippen LogP contribution in [-0.2, 0) is 0 Å². The molecule has 86 valence electrons. The van der Waals surface area contributed by atoms with Gasteiger partial charge in [-0.1, -0.05) is 0 Å². The second-order valence-corrected chi connectivity index (χ2v) is 4.18. The summed E-state index contributed by atoms with van der Waals surface area (Å²) in [6, 6.07) is 1.17. The lowest BCUT2D eigenvalue weighted by Crippen LogP contribution is -2.58. The van der Waals surface area contributed by atoms with Gasteiger partial charge in [0.15, 0.2) is 0 Å². The van der Waals surface area contributed by atoms with Crippen LogP contribution in [0.1, 0.15) is 29.6 Å². The Morgan fingerprint density at radius 3 is 2.81 bits per heavy atom. The van der Waals surface area contributed by atoms with Crippen LogP contribution in [0, 0.1) is 5.82 Å². The minimum atomic E-state index is -0.511. The van der Waals surface area contributed by atoms with Crippen LogP contribution in [0.15, 0.2) is 18.5 Å². The Balaban J connectivity index is 2.08. The fourth-order valence-electron chi connectivity index (χ4n) is 1.83. The number of nitrogens with one attached hydrogen (secondary N) is 1. The van der Waals surface area contributed by atoms with Crippen molar-refractivity contribution in [2.45, 2.75) is 24.8 Å². The lowest BCUT2D eigenvalue weighted by atomic mass is 9.76. The zero-order chi connectivity index (χ0) is 11.6. The fourth-order valence-corrected chi connectivity index (χ4v) is 1.83. The quantitative estimate of drug-likeness (QED) is 0.797. The summed E-state index contributed by atoms with van der Waals surface area (Å²) in [6.45, 7) is 0.418. The Labute approximate surface area is 93.1 Å². The maximum absolute atomic E-state index is 12.9. The number of amides is 1. The van der Waals surface area contributed by atoms with E-state index in [1.807, 2.05) is 0 Å². The van der Waals surface area contributed by atoms with E-state index >= 15 is 0 Å². The molecule has 4 nitrogen and oxygen atoms in total. The molecule has 1 aromatic rings. The molecule has 0 spiro atoms. The van der Waals surface area contributed by atoms with Crippen molar-refractivity contribution in [2.24, 2.45) is 5.73 Å². The van der Waals surface area contributed by atoms with Crippen LogP contribution in [0.5, 0.6) is 0 Å². The van der Waals surface area contributed by atoms with Crippen LogP contribution in [-0.4, -0.2) is 23.0 Å². The van der Waals surface area contributed by atoms with Crippen molar-refractivity contribution in [3.63, 3.8) is 0 Å². The number of rotatable bonds is 3. The number of nitrogens with zero attached hydrogens (tertiary/aromatic N) is 1. The van der Waals surface area contributed by atoms with Crippen molar-refractivity contribution in [3.05, 3.63) is 29.8 Å². The minimum Gasteiger partial charge on any atom is -0.345 e. The summed E-state index contributed by atoms with van der Waals surface area (Å²) in [5, 5.41) is 2.85. The predicted molar refractivity (Wildman–Crippen MR) is 57.3 cm³/mol. The molecule has 1 saturated carbocycles. The van der Waals surface area contributed by atoms with Gasteiger partial charge < -0.3 is 11.1 Å². The zero-order valence-electron chi connectivity index (χ0n) is 8.87. The Hall–Kier alpha value is -1.49. The molecule has 1 fully saturated rings. The standard InChI is InChI=1S/C11H14FN3O/c12-9-4-8(5-14-6-9)10(16)15-11(7-13)2-1-3-11/h4-6H,1-3,7,13H2,(H,15,16). The number of carbonyl (C=O) groups excluding carboxylic acids is 1. The molecule has 1 amide bonds. The van der Waals surface area contributed by atoms with Gasteiger partial charge in [-0.3, -0.25) is 9.78 Å². The first kappa shape index (κ1) is 11.0. The molecule has 0 radical (unpaired) electrons. The van der Waals surface area contributed by atoms with Crippen molar-refractivity contribution in [1.29, 1.82) is 0 Å². The number of carbonyl (C=O) groups is 1. The summed E-state index contributed by atoms with van der Waals surface area (Å²) < 4.78 is 12.9. The van der Waals surface area contributed by atoms with E-state index in [9.17, 15) is 9.18 Å². The summed E-state index contributed by atoms with van der Waals surface area (Å²) >= 11 is 0. The summed E-state index contributed by atoms with van der Waals surface area (Å²) in [6.07, 6.45) is 5.26. The zero-order valence-corrected chi connectivity index (χ0v) is 8.87. The van der Waals surface area contributed by atoms with Crippen LogP contribution in [0.25, 0.3) is 0 Å². The molecule has 5 heteroatoms. The summed E-state index contributed by atoms with van der Waals surface area (Å²) in [5.41, 5.74) is 5.57. The van der Waals surface area contributed by atoms with E-state index in [0.717, 1.165) is 25.5 Å². The third kappa shape index (κ3) is 2.04.